The molecule has 7 nitrogen and oxygen atoms in total. The van der Waals surface area contributed by atoms with Gasteiger partial charge in [-0.15, -0.1) is 10.2 Å². The molecule has 1 aliphatic rings. The number of halogens is 1. The van der Waals surface area contributed by atoms with E-state index in [0.29, 0.717) is 29.6 Å². The van der Waals surface area contributed by atoms with Gasteiger partial charge < -0.3 is 13.8 Å². The predicted octanol–water partition coefficient (Wildman–Crippen LogP) is 3.68. The monoisotopic (exact) mass is 353 g/mol. The van der Waals surface area contributed by atoms with Crippen LogP contribution in [0.5, 0.6) is 0 Å². The predicted molar refractivity (Wildman–Crippen MR) is 90.4 cm³/mol. The summed E-state index contributed by atoms with van der Waals surface area (Å²) in [6.45, 7) is 1.44. The van der Waals surface area contributed by atoms with Crippen molar-refractivity contribution in [1.29, 1.82) is 0 Å². The number of aromatic nitrogens is 4. The van der Waals surface area contributed by atoms with E-state index in [1.165, 1.54) is 12.1 Å². The minimum Gasteiger partial charge on any atom is -0.459 e. The fourth-order valence-electron chi connectivity index (χ4n) is 3.48. The normalized spacial score (nSPS) is 18.1. The zero-order chi connectivity index (χ0) is 17.5. The lowest BCUT2D eigenvalue weighted by atomic mass is 10.2. The third-order valence-corrected chi connectivity index (χ3v) is 4.68. The number of rotatable bonds is 4. The molecule has 0 radical (unpaired) electrons. The second-order valence-electron chi connectivity index (χ2n) is 6.39. The second kappa shape index (κ2) is 6.06. The van der Waals surface area contributed by atoms with Crippen molar-refractivity contribution in [3.63, 3.8) is 0 Å². The Bertz CT molecular complexity index is 1040. The van der Waals surface area contributed by atoms with Crippen molar-refractivity contribution < 1.29 is 13.2 Å². The van der Waals surface area contributed by atoms with Crippen molar-refractivity contribution in [2.24, 2.45) is 0 Å². The van der Waals surface area contributed by atoms with Crippen LogP contribution in [-0.4, -0.2) is 31.6 Å². The Hall–Kier alpha value is -3.00. The van der Waals surface area contributed by atoms with Crippen LogP contribution in [0.3, 0.4) is 0 Å². The van der Waals surface area contributed by atoms with Crippen molar-refractivity contribution in [2.75, 3.05) is 6.54 Å². The summed E-state index contributed by atoms with van der Waals surface area (Å²) in [6.07, 6.45) is 3.59. The first-order valence-corrected chi connectivity index (χ1v) is 8.52. The van der Waals surface area contributed by atoms with E-state index in [4.69, 9.17) is 8.83 Å². The quantitative estimate of drug-likeness (QED) is 0.602. The van der Waals surface area contributed by atoms with Crippen LogP contribution in [0.25, 0.3) is 22.7 Å². The number of likely N-dealkylation sites (tertiary alicyclic amines) is 1. The molecule has 0 amide bonds. The second-order valence-corrected chi connectivity index (χ2v) is 6.39. The molecule has 1 atom stereocenters. The number of fused-ring (bicyclic) bond motifs is 1. The molecule has 1 aliphatic heterocycles. The third kappa shape index (κ3) is 2.68. The van der Waals surface area contributed by atoms with Crippen LogP contribution >= 0.6 is 0 Å². The highest BCUT2D eigenvalue weighted by Crippen LogP contribution is 2.33. The van der Waals surface area contributed by atoms with Gasteiger partial charge in [0.05, 0.1) is 29.9 Å². The molecular formula is C18H16FN5O2. The average molecular weight is 353 g/mol. The molecule has 8 heteroatoms. The molecule has 4 aromatic rings. The van der Waals surface area contributed by atoms with Crippen LogP contribution in [0.2, 0.25) is 0 Å². The Morgan fingerprint density at radius 2 is 2.23 bits per heavy atom. The largest absolute Gasteiger partial charge is 0.459 e. The fraction of sp³-hybridized carbons (Fsp3) is 0.278. The Balaban J connectivity index is 1.38. The van der Waals surface area contributed by atoms with Crippen LogP contribution in [0, 0.1) is 5.82 Å². The zero-order valence-corrected chi connectivity index (χ0v) is 13.9. The first kappa shape index (κ1) is 15.3. The van der Waals surface area contributed by atoms with E-state index >= 15 is 0 Å². The Morgan fingerprint density at radius 3 is 3.12 bits per heavy atom. The van der Waals surface area contributed by atoms with Gasteiger partial charge in [0.1, 0.15) is 11.6 Å². The van der Waals surface area contributed by atoms with Gasteiger partial charge in [-0.2, -0.15) is 0 Å². The Kier molecular flexibility index (Phi) is 3.56. The fourth-order valence-corrected chi connectivity index (χ4v) is 3.48. The topological polar surface area (TPSA) is 84.0 Å². The van der Waals surface area contributed by atoms with Gasteiger partial charge in [-0.05, 0) is 49.7 Å². The number of hydrogen-bond acceptors (Lipinski definition) is 6. The van der Waals surface area contributed by atoms with Gasteiger partial charge in [-0.3, -0.25) is 4.90 Å². The average Bonchev–Trinajstić information content (AvgIpc) is 3.41. The number of H-pyrrole nitrogens is 1. The summed E-state index contributed by atoms with van der Waals surface area (Å²) in [5.74, 6) is 2.03. The highest BCUT2D eigenvalue weighted by Gasteiger charge is 2.30. The molecule has 132 valence electrons. The van der Waals surface area contributed by atoms with E-state index in [0.717, 1.165) is 30.7 Å². The van der Waals surface area contributed by atoms with Gasteiger partial charge in [0.2, 0.25) is 5.89 Å². The number of hydrogen-bond donors (Lipinski definition) is 1. The first-order chi connectivity index (χ1) is 12.8. The van der Waals surface area contributed by atoms with Crippen LogP contribution in [0.1, 0.15) is 30.6 Å². The van der Waals surface area contributed by atoms with Crippen molar-refractivity contribution in [1.82, 2.24) is 25.1 Å². The maximum Gasteiger partial charge on any atom is 0.283 e. The number of furan rings is 1. The molecule has 1 saturated heterocycles. The summed E-state index contributed by atoms with van der Waals surface area (Å²) in [6, 6.07) is 8.26. The van der Waals surface area contributed by atoms with Gasteiger partial charge in [0, 0.05) is 0 Å². The van der Waals surface area contributed by atoms with Gasteiger partial charge >= 0.3 is 0 Å². The number of nitrogens with one attached hydrogen (secondary N) is 1. The molecule has 1 aromatic carbocycles. The molecule has 3 aromatic heterocycles. The highest BCUT2D eigenvalue weighted by molar-refractivity contribution is 5.75. The Labute approximate surface area is 147 Å². The van der Waals surface area contributed by atoms with E-state index < -0.39 is 0 Å². The summed E-state index contributed by atoms with van der Waals surface area (Å²) < 4.78 is 24.4. The van der Waals surface area contributed by atoms with Gasteiger partial charge in [-0.25, -0.2) is 9.37 Å². The summed E-state index contributed by atoms with van der Waals surface area (Å²) >= 11 is 0. The zero-order valence-electron chi connectivity index (χ0n) is 13.9. The molecule has 4 heterocycles. The minimum absolute atomic E-state index is 0.115. The van der Waals surface area contributed by atoms with E-state index in [9.17, 15) is 4.39 Å². The molecule has 0 saturated carbocycles. The van der Waals surface area contributed by atoms with Gasteiger partial charge in [-0.1, -0.05) is 0 Å². The Morgan fingerprint density at radius 1 is 1.27 bits per heavy atom. The van der Waals surface area contributed by atoms with E-state index in [1.807, 2.05) is 0 Å². The summed E-state index contributed by atoms with van der Waals surface area (Å²) in [7, 11) is 0. The lowest BCUT2D eigenvalue weighted by molar-refractivity contribution is 0.218. The standard InChI is InChI=1S/C18H16FN5O2/c19-11-5-6-12-13(9-11)21-17(20-12)14-3-1-7-24(14)10-16-22-23-18(26-16)15-4-2-8-25-15/h2,4-6,8-9,14H,1,3,7,10H2,(H,20,21)/t14-/m0/s1. The van der Waals surface area contributed by atoms with E-state index in [2.05, 4.69) is 25.1 Å². The molecule has 0 spiro atoms. The molecular weight excluding hydrogens is 337 g/mol. The van der Waals surface area contributed by atoms with Crippen LogP contribution in [0.15, 0.2) is 45.4 Å². The van der Waals surface area contributed by atoms with Crippen LogP contribution in [0.4, 0.5) is 4.39 Å². The van der Waals surface area contributed by atoms with Crippen LogP contribution in [-0.2, 0) is 6.54 Å². The van der Waals surface area contributed by atoms with Crippen LogP contribution < -0.4 is 0 Å². The smallest absolute Gasteiger partial charge is 0.283 e. The number of benzene rings is 1. The molecule has 5 rings (SSSR count). The van der Waals surface area contributed by atoms with Crippen molar-refractivity contribution >= 4 is 11.0 Å². The van der Waals surface area contributed by atoms with E-state index in [-0.39, 0.29) is 11.9 Å². The van der Waals surface area contributed by atoms with E-state index in [1.54, 1.807) is 24.5 Å². The lowest BCUT2D eigenvalue weighted by Crippen LogP contribution is -2.23. The molecule has 26 heavy (non-hydrogen) atoms. The summed E-state index contributed by atoms with van der Waals surface area (Å²) in [5, 5.41) is 8.16. The molecule has 0 bridgehead atoms. The summed E-state index contributed by atoms with van der Waals surface area (Å²) in [4.78, 5) is 10.1. The number of imidazole rings is 1. The molecule has 0 aliphatic carbocycles. The first-order valence-electron chi connectivity index (χ1n) is 8.52. The highest BCUT2D eigenvalue weighted by atomic mass is 19.1. The lowest BCUT2D eigenvalue weighted by Gasteiger charge is -2.20. The van der Waals surface area contributed by atoms with Crippen molar-refractivity contribution in [3.05, 3.63) is 54.1 Å². The maximum absolute atomic E-state index is 13.4. The van der Waals surface area contributed by atoms with Crippen molar-refractivity contribution in [2.45, 2.75) is 25.4 Å². The molecule has 0 unspecified atom stereocenters. The molecule has 1 fully saturated rings. The summed E-state index contributed by atoms with van der Waals surface area (Å²) in [5.41, 5.74) is 1.48. The van der Waals surface area contributed by atoms with Crippen molar-refractivity contribution in [3.8, 4) is 11.7 Å². The number of nitrogens with zero attached hydrogens (tertiary/aromatic N) is 4. The third-order valence-electron chi connectivity index (χ3n) is 4.68. The number of aromatic amines is 1. The van der Waals surface area contributed by atoms with Gasteiger partial charge in [0.25, 0.3) is 5.89 Å². The minimum atomic E-state index is -0.271. The molecule has 1 N–H and O–H groups in total. The van der Waals surface area contributed by atoms with Gasteiger partial charge in [0.15, 0.2) is 5.76 Å². The SMILES string of the molecule is Fc1ccc2nc([C@@H]3CCCN3Cc3nnc(-c4ccco4)o3)[nH]c2c1. The maximum atomic E-state index is 13.4.